The molecule has 0 amide bonds. The molecule has 0 radical (unpaired) electrons. The van der Waals surface area contributed by atoms with Crippen molar-refractivity contribution < 1.29 is 0 Å². The lowest BCUT2D eigenvalue weighted by molar-refractivity contribution is 0.190. The molecule has 3 heterocycles. The topological polar surface area (TPSA) is 32.6 Å². The minimum absolute atomic E-state index is 0.833. The van der Waals surface area contributed by atoms with Gasteiger partial charge < -0.3 is 10.2 Å². The molecular weight excluding hydrogens is 280 g/mol. The van der Waals surface area contributed by atoms with Crippen molar-refractivity contribution in [2.24, 2.45) is 5.92 Å². The number of imidazole rings is 1. The number of thiazole rings is 1. The second-order valence-electron chi connectivity index (χ2n) is 6.15. The second-order valence-corrected chi connectivity index (χ2v) is 6.98. The van der Waals surface area contributed by atoms with Crippen LogP contribution in [0.1, 0.15) is 36.8 Å². The SMILES string of the molecule is CCN1CCC(CNCc2c(C)nc3scc(C)n23)CC1. The van der Waals surface area contributed by atoms with E-state index in [0.29, 0.717) is 0 Å². The van der Waals surface area contributed by atoms with Crippen LogP contribution in [-0.2, 0) is 6.54 Å². The monoisotopic (exact) mass is 306 g/mol. The molecule has 4 nitrogen and oxygen atoms in total. The smallest absolute Gasteiger partial charge is 0.194 e. The van der Waals surface area contributed by atoms with Crippen LogP contribution >= 0.6 is 11.3 Å². The molecule has 1 N–H and O–H groups in total. The number of hydrogen-bond donors (Lipinski definition) is 1. The van der Waals surface area contributed by atoms with Crippen molar-refractivity contribution in [1.82, 2.24) is 19.6 Å². The van der Waals surface area contributed by atoms with Gasteiger partial charge in [0, 0.05) is 17.6 Å². The van der Waals surface area contributed by atoms with Gasteiger partial charge in [-0.25, -0.2) is 4.98 Å². The normalized spacial score (nSPS) is 17.9. The largest absolute Gasteiger partial charge is 0.311 e. The van der Waals surface area contributed by atoms with Crippen LogP contribution in [0.25, 0.3) is 4.96 Å². The average Bonchev–Trinajstić information content (AvgIpc) is 3.00. The van der Waals surface area contributed by atoms with Gasteiger partial charge in [-0.1, -0.05) is 6.92 Å². The summed E-state index contributed by atoms with van der Waals surface area (Å²) in [5, 5.41) is 5.85. The van der Waals surface area contributed by atoms with E-state index < -0.39 is 0 Å². The minimum atomic E-state index is 0.833. The number of nitrogens with one attached hydrogen (secondary N) is 1. The van der Waals surface area contributed by atoms with E-state index in [1.54, 1.807) is 11.3 Å². The molecule has 2 aromatic rings. The Balaban J connectivity index is 1.55. The summed E-state index contributed by atoms with van der Waals surface area (Å²) in [6.45, 7) is 12.3. The van der Waals surface area contributed by atoms with E-state index in [0.717, 1.165) is 24.0 Å². The van der Waals surface area contributed by atoms with Gasteiger partial charge in [0.2, 0.25) is 0 Å². The number of likely N-dealkylation sites (tertiary alicyclic amines) is 1. The molecule has 5 heteroatoms. The van der Waals surface area contributed by atoms with E-state index >= 15 is 0 Å². The van der Waals surface area contributed by atoms with E-state index in [1.807, 2.05) is 0 Å². The zero-order valence-corrected chi connectivity index (χ0v) is 14.2. The first-order valence-corrected chi connectivity index (χ1v) is 8.92. The molecule has 1 aliphatic rings. The molecule has 1 fully saturated rings. The Morgan fingerprint density at radius 2 is 2.10 bits per heavy atom. The number of fused-ring (bicyclic) bond motifs is 1. The molecule has 0 aromatic carbocycles. The zero-order valence-electron chi connectivity index (χ0n) is 13.4. The average molecular weight is 306 g/mol. The minimum Gasteiger partial charge on any atom is -0.311 e. The summed E-state index contributed by atoms with van der Waals surface area (Å²) in [5.41, 5.74) is 3.79. The number of aryl methyl sites for hydroxylation is 2. The molecule has 0 saturated carbocycles. The van der Waals surface area contributed by atoms with Crippen LogP contribution in [0.4, 0.5) is 0 Å². The standard InChI is InChI=1S/C16H26N4S/c1-4-19-7-5-14(6-8-19)9-17-10-15-13(3)18-16-20(15)12(2)11-21-16/h11,14,17H,4-10H2,1-3H3. The van der Waals surface area contributed by atoms with Gasteiger partial charge in [-0.15, -0.1) is 11.3 Å². The van der Waals surface area contributed by atoms with Gasteiger partial charge in [0.25, 0.3) is 0 Å². The van der Waals surface area contributed by atoms with E-state index in [1.165, 1.54) is 49.6 Å². The lowest BCUT2D eigenvalue weighted by atomic mass is 9.97. The fourth-order valence-corrected chi connectivity index (χ4v) is 4.21. The van der Waals surface area contributed by atoms with Crippen molar-refractivity contribution >= 4 is 16.3 Å². The fraction of sp³-hybridized carbons (Fsp3) is 0.688. The molecule has 1 aliphatic heterocycles. The van der Waals surface area contributed by atoms with Crippen molar-refractivity contribution in [1.29, 1.82) is 0 Å². The van der Waals surface area contributed by atoms with Crippen LogP contribution in [0.2, 0.25) is 0 Å². The molecule has 0 spiro atoms. The Morgan fingerprint density at radius 1 is 1.33 bits per heavy atom. The van der Waals surface area contributed by atoms with Crippen molar-refractivity contribution in [2.75, 3.05) is 26.2 Å². The molecule has 21 heavy (non-hydrogen) atoms. The summed E-state index contributed by atoms with van der Waals surface area (Å²) < 4.78 is 2.30. The predicted octanol–water partition coefficient (Wildman–Crippen LogP) is 2.83. The van der Waals surface area contributed by atoms with Gasteiger partial charge in [0.05, 0.1) is 11.4 Å². The summed E-state index contributed by atoms with van der Waals surface area (Å²) in [6.07, 6.45) is 2.66. The van der Waals surface area contributed by atoms with Crippen LogP contribution in [0.3, 0.4) is 0 Å². The van der Waals surface area contributed by atoms with Crippen LogP contribution in [0.5, 0.6) is 0 Å². The highest BCUT2D eigenvalue weighted by Gasteiger charge is 2.18. The lowest BCUT2D eigenvalue weighted by Crippen LogP contribution is -2.37. The van der Waals surface area contributed by atoms with E-state index in [9.17, 15) is 0 Å². The molecule has 0 bridgehead atoms. The zero-order chi connectivity index (χ0) is 14.8. The maximum absolute atomic E-state index is 4.66. The Labute approximate surface area is 131 Å². The third kappa shape index (κ3) is 3.15. The summed E-state index contributed by atoms with van der Waals surface area (Å²) in [5.74, 6) is 0.833. The number of hydrogen-bond acceptors (Lipinski definition) is 4. The van der Waals surface area contributed by atoms with Crippen molar-refractivity contribution in [3.63, 3.8) is 0 Å². The van der Waals surface area contributed by atoms with Crippen molar-refractivity contribution in [2.45, 2.75) is 40.2 Å². The number of nitrogens with zero attached hydrogens (tertiary/aromatic N) is 3. The van der Waals surface area contributed by atoms with Gasteiger partial charge in [0.1, 0.15) is 0 Å². The fourth-order valence-electron chi connectivity index (χ4n) is 3.28. The molecule has 2 aromatic heterocycles. The number of piperidine rings is 1. The summed E-state index contributed by atoms with van der Waals surface area (Å²) >= 11 is 1.73. The maximum Gasteiger partial charge on any atom is 0.194 e. The van der Waals surface area contributed by atoms with Crippen LogP contribution < -0.4 is 5.32 Å². The Kier molecular flexibility index (Phi) is 4.62. The third-order valence-electron chi connectivity index (χ3n) is 4.71. The van der Waals surface area contributed by atoms with Gasteiger partial charge in [-0.05, 0) is 58.8 Å². The highest BCUT2D eigenvalue weighted by molar-refractivity contribution is 7.15. The van der Waals surface area contributed by atoms with E-state index in [2.05, 4.69) is 45.8 Å². The first kappa shape index (κ1) is 15.0. The van der Waals surface area contributed by atoms with Crippen LogP contribution in [-0.4, -0.2) is 40.5 Å². The quantitative estimate of drug-likeness (QED) is 0.922. The second kappa shape index (κ2) is 6.46. The predicted molar refractivity (Wildman–Crippen MR) is 89.1 cm³/mol. The van der Waals surface area contributed by atoms with E-state index in [-0.39, 0.29) is 0 Å². The Bertz CT molecular complexity index is 593. The van der Waals surface area contributed by atoms with Gasteiger partial charge in [0.15, 0.2) is 4.96 Å². The Hall–Kier alpha value is -0.910. The molecule has 0 atom stereocenters. The molecule has 0 unspecified atom stereocenters. The van der Waals surface area contributed by atoms with Gasteiger partial charge in [-0.3, -0.25) is 4.40 Å². The highest BCUT2D eigenvalue weighted by atomic mass is 32.1. The van der Waals surface area contributed by atoms with Crippen molar-refractivity contribution in [3.05, 3.63) is 22.5 Å². The number of aromatic nitrogens is 2. The molecule has 1 saturated heterocycles. The highest BCUT2D eigenvalue weighted by Crippen LogP contribution is 2.21. The number of rotatable bonds is 5. The van der Waals surface area contributed by atoms with Crippen LogP contribution in [0, 0.1) is 19.8 Å². The first-order chi connectivity index (χ1) is 10.2. The molecule has 3 rings (SSSR count). The van der Waals surface area contributed by atoms with Crippen molar-refractivity contribution in [3.8, 4) is 0 Å². The molecular formula is C16H26N4S. The Morgan fingerprint density at radius 3 is 2.81 bits per heavy atom. The maximum atomic E-state index is 4.66. The molecule has 0 aliphatic carbocycles. The summed E-state index contributed by atoms with van der Waals surface area (Å²) in [6, 6.07) is 0. The first-order valence-electron chi connectivity index (χ1n) is 8.04. The summed E-state index contributed by atoms with van der Waals surface area (Å²) in [7, 11) is 0. The van der Waals surface area contributed by atoms with Crippen LogP contribution in [0.15, 0.2) is 5.38 Å². The summed E-state index contributed by atoms with van der Waals surface area (Å²) in [4.78, 5) is 8.33. The lowest BCUT2D eigenvalue weighted by Gasteiger charge is -2.31. The molecule has 116 valence electrons. The van der Waals surface area contributed by atoms with E-state index in [4.69, 9.17) is 0 Å². The van der Waals surface area contributed by atoms with Gasteiger partial charge in [-0.2, -0.15) is 0 Å². The third-order valence-corrected chi connectivity index (χ3v) is 5.65. The van der Waals surface area contributed by atoms with Gasteiger partial charge >= 0.3 is 0 Å².